The Hall–Kier alpha value is -2.41. The highest BCUT2D eigenvalue weighted by molar-refractivity contribution is 7.17. The summed E-state index contributed by atoms with van der Waals surface area (Å²) in [4.78, 5) is 12.1. The topological polar surface area (TPSA) is 66.6 Å². The van der Waals surface area contributed by atoms with Gasteiger partial charge in [-0.3, -0.25) is 5.21 Å². The Morgan fingerprint density at radius 3 is 1.88 bits per heavy atom. The van der Waals surface area contributed by atoms with Crippen LogP contribution in [0.1, 0.15) is 24.5 Å². The Balaban J connectivity index is 2.09. The molecule has 0 unspecified atom stereocenters. The zero-order valence-electron chi connectivity index (χ0n) is 14.2. The van der Waals surface area contributed by atoms with E-state index in [0.717, 1.165) is 31.3 Å². The smallest absolute Gasteiger partial charge is 0.339 e. The minimum atomic E-state index is -1.04. The van der Waals surface area contributed by atoms with E-state index in [4.69, 9.17) is 5.73 Å². The summed E-state index contributed by atoms with van der Waals surface area (Å²) in [5.74, 6) is 0. The highest BCUT2D eigenvalue weighted by Crippen LogP contribution is 2.47. The average Bonchev–Trinajstić information content (AvgIpc) is 3.28. The predicted molar refractivity (Wildman–Crippen MR) is 108 cm³/mol. The van der Waals surface area contributed by atoms with E-state index in [9.17, 15) is 10.0 Å². The van der Waals surface area contributed by atoms with Crippen LogP contribution in [0, 0.1) is 0 Å². The summed E-state index contributed by atoms with van der Waals surface area (Å²) in [5, 5.41) is 17.7. The van der Waals surface area contributed by atoms with Gasteiger partial charge in [-0.2, -0.15) is 5.06 Å². The van der Waals surface area contributed by atoms with Crippen LogP contribution in [-0.2, 0) is 5.54 Å². The second-order valence-corrected chi connectivity index (χ2v) is 7.98. The first-order valence-corrected chi connectivity index (χ1v) is 10.1. The Morgan fingerprint density at radius 1 is 1.00 bits per heavy atom. The summed E-state index contributed by atoms with van der Waals surface area (Å²) in [6.07, 6.45) is 0.494. The van der Waals surface area contributed by atoms with Crippen molar-refractivity contribution >= 4 is 48.9 Å². The molecule has 0 fully saturated rings. The maximum Gasteiger partial charge on any atom is 0.339 e. The summed E-state index contributed by atoms with van der Waals surface area (Å²) in [6, 6.07) is 15.2. The second kappa shape index (κ2) is 6.39. The first kappa shape index (κ1) is 17.0. The largest absolute Gasteiger partial charge is 0.350 e. The number of urea groups is 1. The number of hydroxylamine groups is 2. The Labute approximate surface area is 159 Å². The highest BCUT2D eigenvalue weighted by atomic mass is 32.1. The summed E-state index contributed by atoms with van der Waals surface area (Å²) in [5.41, 5.74) is 6.29. The van der Waals surface area contributed by atoms with Gasteiger partial charge < -0.3 is 5.73 Å². The highest BCUT2D eigenvalue weighted by Gasteiger charge is 2.44. The average molecular weight is 383 g/mol. The molecule has 0 atom stereocenters. The zero-order chi connectivity index (χ0) is 18.3. The van der Waals surface area contributed by atoms with Crippen LogP contribution in [0.4, 0.5) is 4.79 Å². The van der Waals surface area contributed by atoms with Crippen molar-refractivity contribution in [2.45, 2.75) is 18.9 Å². The molecule has 4 aromatic rings. The summed E-state index contributed by atoms with van der Waals surface area (Å²) >= 11 is 3.20. The number of rotatable bonds is 4. The Bertz CT molecular complexity index is 1030. The normalized spacial score (nSPS) is 11.9. The number of carbonyl (C=O) groups is 1. The minimum Gasteiger partial charge on any atom is -0.350 e. The molecular weight excluding hydrogens is 364 g/mol. The van der Waals surface area contributed by atoms with Crippen molar-refractivity contribution in [3.8, 4) is 0 Å². The molecule has 132 valence electrons. The maximum atomic E-state index is 12.1. The molecule has 0 aliphatic heterocycles. The molecule has 4 rings (SSSR count). The van der Waals surface area contributed by atoms with Crippen molar-refractivity contribution < 1.29 is 10.0 Å². The quantitative estimate of drug-likeness (QED) is 0.359. The van der Waals surface area contributed by atoms with Crippen molar-refractivity contribution in [2.24, 2.45) is 5.73 Å². The minimum absolute atomic E-state index is 0.494. The number of hydrogen-bond donors (Lipinski definition) is 2. The number of hydrogen-bond acceptors (Lipinski definition) is 4. The molecule has 26 heavy (non-hydrogen) atoms. The van der Waals surface area contributed by atoms with Crippen molar-refractivity contribution in [1.29, 1.82) is 0 Å². The van der Waals surface area contributed by atoms with Gasteiger partial charge in [0, 0.05) is 20.5 Å². The molecule has 2 amide bonds. The monoisotopic (exact) mass is 382 g/mol. The Kier molecular flexibility index (Phi) is 4.19. The van der Waals surface area contributed by atoms with Crippen LogP contribution in [0.15, 0.2) is 59.3 Å². The molecule has 0 aliphatic carbocycles. The van der Waals surface area contributed by atoms with Gasteiger partial charge in [0.05, 0.1) is 0 Å². The van der Waals surface area contributed by atoms with Gasteiger partial charge in [0.25, 0.3) is 0 Å². The fraction of sp³-hybridized carbons (Fsp3) is 0.150. The predicted octanol–water partition coefficient (Wildman–Crippen LogP) is 5.54. The van der Waals surface area contributed by atoms with Crippen molar-refractivity contribution in [3.63, 3.8) is 0 Å². The van der Waals surface area contributed by atoms with Crippen molar-refractivity contribution in [1.82, 2.24) is 5.06 Å². The second-order valence-electron chi connectivity index (χ2n) is 6.15. The summed E-state index contributed by atoms with van der Waals surface area (Å²) < 4.78 is 2.22. The van der Waals surface area contributed by atoms with Crippen LogP contribution in [0.5, 0.6) is 0 Å². The number of carbonyl (C=O) groups excluding carboxylic acids is 1. The number of amides is 2. The van der Waals surface area contributed by atoms with Crippen LogP contribution in [0.25, 0.3) is 20.2 Å². The molecule has 0 spiro atoms. The van der Waals surface area contributed by atoms with Crippen molar-refractivity contribution in [3.05, 3.63) is 70.4 Å². The van der Waals surface area contributed by atoms with E-state index in [0.29, 0.717) is 11.5 Å². The van der Waals surface area contributed by atoms with E-state index in [-0.39, 0.29) is 0 Å². The molecule has 0 bridgehead atoms. The van der Waals surface area contributed by atoms with Crippen LogP contribution in [0.2, 0.25) is 0 Å². The SMILES string of the molecule is CCC(c1csc2ccccc12)(c1csc2ccccc12)N(O)C(N)=O. The first-order chi connectivity index (χ1) is 12.6. The lowest BCUT2D eigenvalue weighted by atomic mass is 9.80. The third-order valence-corrected chi connectivity index (χ3v) is 6.86. The summed E-state index contributed by atoms with van der Waals surface area (Å²) in [7, 11) is 0. The van der Waals surface area contributed by atoms with Gasteiger partial charge in [0.1, 0.15) is 5.54 Å². The molecule has 0 aliphatic rings. The van der Waals surface area contributed by atoms with Gasteiger partial charge in [-0.1, -0.05) is 43.3 Å². The maximum absolute atomic E-state index is 12.1. The third-order valence-electron chi connectivity index (χ3n) is 4.94. The van der Waals surface area contributed by atoms with E-state index in [2.05, 4.69) is 0 Å². The number of benzene rings is 2. The lowest BCUT2D eigenvalue weighted by Crippen LogP contribution is -2.50. The molecular formula is C20H18N2O2S2. The molecule has 0 saturated heterocycles. The van der Waals surface area contributed by atoms with E-state index < -0.39 is 11.6 Å². The summed E-state index contributed by atoms with van der Waals surface area (Å²) in [6.45, 7) is 1.96. The zero-order valence-corrected chi connectivity index (χ0v) is 15.8. The fourth-order valence-electron chi connectivity index (χ4n) is 3.69. The van der Waals surface area contributed by atoms with Crippen molar-refractivity contribution in [2.75, 3.05) is 0 Å². The fourth-order valence-corrected chi connectivity index (χ4v) is 5.75. The number of nitrogens with zero attached hydrogens (tertiary/aromatic N) is 1. The van der Waals surface area contributed by atoms with E-state index in [1.807, 2.05) is 66.2 Å². The standard InChI is InChI=1S/C20H18N2O2S2/c1-2-20(22(24)19(21)23,15-11-25-17-9-5-3-7-13(15)17)16-12-26-18-10-6-4-8-14(16)18/h3-12,24H,2H2,1H3,(H2,21,23). The van der Waals surface area contributed by atoms with Gasteiger partial charge in [0.15, 0.2) is 0 Å². The molecule has 3 N–H and O–H groups in total. The molecule has 2 heterocycles. The van der Waals surface area contributed by atoms with Crippen LogP contribution in [0.3, 0.4) is 0 Å². The van der Waals surface area contributed by atoms with E-state index in [1.165, 1.54) is 0 Å². The Morgan fingerprint density at radius 2 is 1.46 bits per heavy atom. The van der Waals surface area contributed by atoms with Gasteiger partial charge in [-0.15, -0.1) is 22.7 Å². The molecule has 6 heteroatoms. The number of nitrogens with two attached hydrogens (primary N) is 1. The number of thiophene rings is 2. The lowest BCUT2D eigenvalue weighted by Gasteiger charge is -2.38. The molecule has 0 radical (unpaired) electrons. The van der Waals surface area contributed by atoms with Crippen LogP contribution in [-0.4, -0.2) is 16.3 Å². The van der Waals surface area contributed by atoms with E-state index >= 15 is 0 Å². The molecule has 2 aromatic carbocycles. The molecule has 4 nitrogen and oxygen atoms in total. The van der Waals surface area contributed by atoms with Crippen LogP contribution >= 0.6 is 22.7 Å². The molecule has 2 aromatic heterocycles. The third kappa shape index (κ3) is 2.34. The number of fused-ring (bicyclic) bond motifs is 2. The van der Waals surface area contributed by atoms with Gasteiger partial charge >= 0.3 is 6.03 Å². The number of primary amides is 1. The van der Waals surface area contributed by atoms with Gasteiger partial charge in [0.2, 0.25) is 0 Å². The van der Waals surface area contributed by atoms with Gasteiger partial charge in [-0.05, 0) is 40.1 Å². The first-order valence-electron chi connectivity index (χ1n) is 8.31. The van der Waals surface area contributed by atoms with Crippen LogP contribution < -0.4 is 5.73 Å². The van der Waals surface area contributed by atoms with Gasteiger partial charge in [-0.25, -0.2) is 4.79 Å². The lowest BCUT2D eigenvalue weighted by molar-refractivity contribution is -0.112. The molecule has 0 saturated carbocycles. The van der Waals surface area contributed by atoms with E-state index in [1.54, 1.807) is 22.7 Å².